The normalized spacial score (nSPS) is 14.9. The molecule has 0 radical (unpaired) electrons. The van der Waals surface area contributed by atoms with Gasteiger partial charge in [-0.05, 0) is 31.5 Å². The predicted molar refractivity (Wildman–Crippen MR) is 75.5 cm³/mol. The number of thioether (sulfide) groups is 1. The Morgan fingerprint density at radius 1 is 1.12 bits per heavy atom. The molecule has 0 amide bonds. The van der Waals surface area contributed by atoms with Crippen molar-refractivity contribution in [1.29, 1.82) is 0 Å². The second-order valence-corrected chi connectivity index (χ2v) is 6.36. The molecule has 0 heterocycles. The highest BCUT2D eigenvalue weighted by atomic mass is 32.2. The summed E-state index contributed by atoms with van der Waals surface area (Å²) in [5, 5.41) is 13.0. The number of aliphatic hydroxyl groups excluding tert-OH is 1. The molecule has 1 aromatic carbocycles. The molecule has 2 nitrogen and oxygen atoms in total. The predicted octanol–water partition coefficient (Wildman–Crippen LogP) is 3.22. The Labute approximate surface area is 109 Å². The van der Waals surface area contributed by atoms with E-state index >= 15 is 0 Å². The van der Waals surface area contributed by atoms with Crippen LogP contribution in [0.25, 0.3) is 0 Å². The van der Waals surface area contributed by atoms with E-state index in [1.165, 1.54) is 10.5 Å². The minimum Gasteiger partial charge on any atom is -0.395 e. The van der Waals surface area contributed by atoms with Crippen LogP contribution < -0.4 is 5.32 Å². The van der Waals surface area contributed by atoms with Gasteiger partial charge in [0.25, 0.3) is 0 Å². The number of hydrogen-bond acceptors (Lipinski definition) is 3. The molecule has 0 aromatic heterocycles. The fourth-order valence-electron chi connectivity index (χ4n) is 1.68. The zero-order valence-corrected chi connectivity index (χ0v) is 11.9. The van der Waals surface area contributed by atoms with Gasteiger partial charge in [0.1, 0.15) is 0 Å². The van der Waals surface area contributed by atoms with Crippen molar-refractivity contribution in [3.63, 3.8) is 0 Å². The number of nitrogens with one attached hydrogen (secondary N) is 1. The van der Waals surface area contributed by atoms with E-state index < -0.39 is 0 Å². The minimum absolute atomic E-state index is 0.134. The summed E-state index contributed by atoms with van der Waals surface area (Å²) in [7, 11) is 0. The highest BCUT2D eigenvalue weighted by molar-refractivity contribution is 7.99. The summed E-state index contributed by atoms with van der Waals surface area (Å²) in [6.45, 7) is 8.68. The monoisotopic (exact) mass is 253 g/mol. The third-order valence-corrected chi connectivity index (χ3v) is 3.58. The lowest BCUT2D eigenvalue weighted by molar-refractivity contribution is 0.243. The largest absolute Gasteiger partial charge is 0.395 e. The smallest absolute Gasteiger partial charge is 0.0582 e. The lowest BCUT2D eigenvalue weighted by Gasteiger charge is -2.19. The van der Waals surface area contributed by atoms with Gasteiger partial charge in [0, 0.05) is 22.2 Å². The van der Waals surface area contributed by atoms with Crippen LogP contribution in [0.1, 0.15) is 39.3 Å². The fourth-order valence-corrected chi connectivity index (χ4v) is 2.52. The lowest BCUT2D eigenvalue weighted by atomic mass is 10.1. The van der Waals surface area contributed by atoms with Gasteiger partial charge in [0.2, 0.25) is 0 Å². The number of aliphatic hydroxyl groups is 1. The number of benzene rings is 1. The Hall–Kier alpha value is -0.510. The van der Waals surface area contributed by atoms with Crippen LogP contribution in [0.15, 0.2) is 29.2 Å². The van der Waals surface area contributed by atoms with E-state index in [1.54, 1.807) is 0 Å². The first-order valence-corrected chi connectivity index (χ1v) is 7.04. The number of rotatable bonds is 6. The van der Waals surface area contributed by atoms with Crippen LogP contribution >= 0.6 is 11.8 Å². The molecule has 96 valence electrons. The van der Waals surface area contributed by atoms with E-state index in [1.807, 2.05) is 18.7 Å². The van der Waals surface area contributed by atoms with Crippen LogP contribution in [-0.4, -0.2) is 23.0 Å². The molecule has 0 aliphatic rings. The van der Waals surface area contributed by atoms with Crippen LogP contribution in [0, 0.1) is 0 Å². The van der Waals surface area contributed by atoms with E-state index in [2.05, 4.69) is 50.4 Å². The molecule has 1 unspecified atom stereocenters. The van der Waals surface area contributed by atoms with Crippen molar-refractivity contribution < 1.29 is 5.11 Å². The summed E-state index contributed by atoms with van der Waals surface area (Å²) >= 11 is 1.88. The Morgan fingerprint density at radius 3 is 2.18 bits per heavy atom. The van der Waals surface area contributed by atoms with E-state index in [4.69, 9.17) is 5.11 Å². The number of hydrogen-bond donors (Lipinski definition) is 2. The second kappa shape index (κ2) is 7.04. The molecule has 0 aliphatic carbocycles. The van der Waals surface area contributed by atoms with Gasteiger partial charge < -0.3 is 10.4 Å². The van der Waals surface area contributed by atoms with Gasteiger partial charge in [-0.3, -0.25) is 0 Å². The molecule has 0 bridgehead atoms. The molecule has 1 rings (SSSR count). The highest BCUT2D eigenvalue weighted by Gasteiger charge is 2.08. The molecule has 17 heavy (non-hydrogen) atoms. The van der Waals surface area contributed by atoms with Crippen LogP contribution in [0.3, 0.4) is 0 Å². The van der Waals surface area contributed by atoms with E-state index in [9.17, 15) is 0 Å². The summed E-state index contributed by atoms with van der Waals surface area (Å²) in [6, 6.07) is 9.06. The van der Waals surface area contributed by atoms with Gasteiger partial charge in [-0.2, -0.15) is 0 Å². The van der Waals surface area contributed by atoms with Gasteiger partial charge in [0.15, 0.2) is 0 Å². The molecular weight excluding hydrogens is 230 g/mol. The van der Waals surface area contributed by atoms with Gasteiger partial charge in [-0.15, -0.1) is 11.8 Å². The van der Waals surface area contributed by atoms with Crippen molar-refractivity contribution in [2.75, 3.05) is 6.61 Å². The minimum atomic E-state index is 0.134. The van der Waals surface area contributed by atoms with Crippen molar-refractivity contribution in [2.45, 2.75) is 49.9 Å². The quantitative estimate of drug-likeness (QED) is 0.764. The SMILES string of the molecule is CC(C)Sc1ccc(C(C)N[C@H](C)CO)cc1. The van der Waals surface area contributed by atoms with Crippen LogP contribution in [-0.2, 0) is 0 Å². The third kappa shape index (κ3) is 5.11. The Bertz CT molecular complexity index is 323. The zero-order valence-electron chi connectivity index (χ0n) is 11.1. The Balaban J connectivity index is 2.60. The maximum Gasteiger partial charge on any atom is 0.0582 e. The first kappa shape index (κ1) is 14.6. The molecule has 1 aromatic rings. The molecule has 2 N–H and O–H groups in total. The summed E-state index contributed by atoms with van der Waals surface area (Å²) < 4.78 is 0. The van der Waals surface area contributed by atoms with Crippen molar-refractivity contribution in [3.8, 4) is 0 Å². The van der Waals surface area contributed by atoms with Crippen LogP contribution in [0.5, 0.6) is 0 Å². The average molecular weight is 253 g/mol. The van der Waals surface area contributed by atoms with Crippen molar-refractivity contribution in [3.05, 3.63) is 29.8 Å². The standard InChI is InChI=1S/C14H23NOS/c1-10(2)17-14-7-5-13(6-8-14)12(4)15-11(3)9-16/h5-8,10-12,15-16H,9H2,1-4H3/t11-,12?/m1/s1. The van der Waals surface area contributed by atoms with Crippen LogP contribution in [0.2, 0.25) is 0 Å². The van der Waals surface area contributed by atoms with Crippen molar-refractivity contribution in [1.82, 2.24) is 5.32 Å². The molecule has 0 spiro atoms. The van der Waals surface area contributed by atoms with Gasteiger partial charge in [-0.25, -0.2) is 0 Å². The fraction of sp³-hybridized carbons (Fsp3) is 0.571. The third-order valence-electron chi connectivity index (χ3n) is 2.56. The zero-order chi connectivity index (χ0) is 12.8. The van der Waals surface area contributed by atoms with Crippen LogP contribution in [0.4, 0.5) is 0 Å². The Morgan fingerprint density at radius 2 is 1.71 bits per heavy atom. The van der Waals surface area contributed by atoms with E-state index in [0.717, 1.165) is 0 Å². The first-order valence-electron chi connectivity index (χ1n) is 6.16. The topological polar surface area (TPSA) is 32.3 Å². The molecule has 0 saturated carbocycles. The van der Waals surface area contributed by atoms with Crippen molar-refractivity contribution in [2.24, 2.45) is 0 Å². The highest BCUT2D eigenvalue weighted by Crippen LogP contribution is 2.24. The van der Waals surface area contributed by atoms with Gasteiger partial charge in [0.05, 0.1) is 6.61 Å². The maximum atomic E-state index is 9.01. The molecule has 2 atom stereocenters. The Kier molecular flexibility index (Phi) is 6.03. The van der Waals surface area contributed by atoms with Gasteiger partial charge in [-0.1, -0.05) is 26.0 Å². The lowest BCUT2D eigenvalue weighted by Crippen LogP contribution is -2.31. The molecule has 3 heteroatoms. The summed E-state index contributed by atoms with van der Waals surface area (Å²) in [6.07, 6.45) is 0. The van der Waals surface area contributed by atoms with Gasteiger partial charge >= 0.3 is 0 Å². The molecule has 0 aliphatic heterocycles. The summed E-state index contributed by atoms with van der Waals surface area (Å²) in [5.41, 5.74) is 1.26. The summed E-state index contributed by atoms with van der Waals surface area (Å²) in [4.78, 5) is 1.31. The molecule has 0 saturated heterocycles. The molecule has 0 fully saturated rings. The first-order chi connectivity index (χ1) is 8.02. The summed E-state index contributed by atoms with van der Waals surface area (Å²) in [5.74, 6) is 0. The second-order valence-electron chi connectivity index (χ2n) is 4.71. The average Bonchev–Trinajstić information content (AvgIpc) is 2.28. The van der Waals surface area contributed by atoms with E-state index in [-0.39, 0.29) is 18.7 Å². The van der Waals surface area contributed by atoms with E-state index in [0.29, 0.717) is 5.25 Å². The molecular formula is C14H23NOS. The maximum absolute atomic E-state index is 9.01. The van der Waals surface area contributed by atoms with Crippen molar-refractivity contribution >= 4 is 11.8 Å².